The van der Waals surface area contributed by atoms with Gasteiger partial charge in [-0.2, -0.15) is 0 Å². The lowest BCUT2D eigenvalue weighted by Gasteiger charge is -2.33. The number of nitrogens with one attached hydrogen (secondary N) is 1. The molecule has 0 saturated carbocycles. The minimum absolute atomic E-state index is 0.163. The van der Waals surface area contributed by atoms with Gasteiger partial charge in [-0.3, -0.25) is 4.79 Å². The van der Waals surface area contributed by atoms with Crippen LogP contribution in [0.3, 0.4) is 0 Å². The van der Waals surface area contributed by atoms with E-state index in [-0.39, 0.29) is 5.91 Å². The second-order valence-electron chi connectivity index (χ2n) is 3.26. The first kappa shape index (κ1) is 8.53. The molecule has 3 N–H and O–H groups in total. The summed E-state index contributed by atoms with van der Waals surface area (Å²) in [6.07, 6.45) is 1.62. The van der Waals surface area contributed by atoms with E-state index in [9.17, 15) is 4.79 Å². The van der Waals surface area contributed by atoms with Crippen LogP contribution in [-0.4, -0.2) is 19.0 Å². The van der Waals surface area contributed by atoms with Crippen LogP contribution >= 0.6 is 0 Å². The van der Waals surface area contributed by atoms with Gasteiger partial charge in [-0.15, -0.1) is 0 Å². The van der Waals surface area contributed by atoms with Crippen LogP contribution in [0.2, 0.25) is 0 Å². The number of carbonyl (C=O) groups excluding carboxylic acids is 1. The highest BCUT2D eigenvalue weighted by Gasteiger charge is 2.26. The molecule has 0 radical (unpaired) electrons. The van der Waals surface area contributed by atoms with E-state index in [2.05, 4.69) is 12.2 Å². The molecule has 1 fully saturated rings. The van der Waals surface area contributed by atoms with Crippen LogP contribution in [-0.2, 0) is 4.79 Å². The highest BCUT2D eigenvalue weighted by atomic mass is 16.1. The van der Waals surface area contributed by atoms with Crippen LogP contribution in [0.4, 0.5) is 0 Å². The molecule has 1 amide bonds. The van der Waals surface area contributed by atoms with Crippen molar-refractivity contribution in [2.45, 2.75) is 19.8 Å². The number of hydrogen-bond acceptors (Lipinski definition) is 2. The summed E-state index contributed by atoms with van der Waals surface area (Å²) in [6, 6.07) is 0. The van der Waals surface area contributed by atoms with Crippen molar-refractivity contribution in [3.05, 3.63) is 0 Å². The van der Waals surface area contributed by atoms with E-state index in [4.69, 9.17) is 5.73 Å². The predicted molar refractivity (Wildman–Crippen MR) is 44.0 cm³/mol. The van der Waals surface area contributed by atoms with Crippen LogP contribution in [0.15, 0.2) is 0 Å². The van der Waals surface area contributed by atoms with E-state index in [0.29, 0.717) is 18.3 Å². The monoisotopic (exact) mass is 156 g/mol. The van der Waals surface area contributed by atoms with E-state index in [1.165, 1.54) is 0 Å². The number of rotatable bonds is 4. The van der Waals surface area contributed by atoms with Crippen molar-refractivity contribution in [2.75, 3.05) is 13.1 Å². The largest absolute Gasteiger partial charge is 0.370 e. The molecule has 1 unspecified atom stereocenters. The second-order valence-corrected chi connectivity index (χ2v) is 3.26. The lowest BCUT2D eigenvalue weighted by atomic mass is 9.83. The average Bonchev–Trinajstić information content (AvgIpc) is 1.81. The van der Waals surface area contributed by atoms with Gasteiger partial charge < -0.3 is 11.1 Å². The molecule has 1 rings (SSSR count). The van der Waals surface area contributed by atoms with Gasteiger partial charge in [-0.25, -0.2) is 0 Å². The Morgan fingerprint density at radius 1 is 1.73 bits per heavy atom. The fourth-order valence-electron chi connectivity index (χ4n) is 1.55. The molecule has 3 heteroatoms. The smallest absolute Gasteiger partial charge is 0.217 e. The third-order valence-corrected chi connectivity index (χ3v) is 2.47. The standard InChI is InChI=1S/C8H16N2O/c1-2-6(3-8(9)11)7-4-10-5-7/h6-7,10H,2-5H2,1H3,(H2,9,11). The van der Waals surface area contributed by atoms with Gasteiger partial charge in [-0.05, 0) is 24.9 Å². The summed E-state index contributed by atoms with van der Waals surface area (Å²) in [5.74, 6) is 1.03. The van der Waals surface area contributed by atoms with E-state index in [1.807, 2.05) is 0 Å². The Labute approximate surface area is 67.3 Å². The fraction of sp³-hybridized carbons (Fsp3) is 0.875. The van der Waals surface area contributed by atoms with E-state index < -0.39 is 0 Å². The SMILES string of the molecule is CCC(CC(N)=O)C1CNC1. The molecule has 1 atom stereocenters. The highest BCUT2D eigenvalue weighted by molar-refractivity contribution is 5.74. The van der Waals surface area contributed by atoms with Crippen molar-refractivity contribution in [2.24, 2.45) is 17.6 Å². The Balaban J connectivity index is 2.29. The lowest BCUT2D eigenvalue weighted by molar-refractivity contribution is -0.119. The Bertz CT molecular complexity index is 143. The molecule has 1 heterocycles. The maximum Gasteiger partial charge on any atom is 0.217 e. The van der Waals surface area contributed by atoms with Gasteiger partial charge in [0.25, 0.3) is 0 Å². The van der Waals surface area contributed by atoms with Crippen molar-refractivity contribution in [3.8, 4) is 0 Å². The zero-order valence-electron chi connectivity index (χ0n) is 6.97. The number of amides is 1. The zero-order chi connectivity index (χ0) is 8.27. The van der Waals surface area contributed by atoms with Crippen LogP contribution < -0.4 is 11.1 Å². The molecule has 0 spiro atoms. The summed E-state index contributed by atoms with van der Waals surface area (Å²) in [6.45, 7) is 4.24. The topological polar surface area (TPSA) is 55.1 Å². The zero-order valence-corrected chi connectivity index (χ0v) is 6.97. The molecule has 0 bridgehead atoms. The molecule has 1 aliphatic heterocycles. The summed E-state index contributed by atoms with van der Waals surface area (Å²) in [7, 11) is 0. The average molecular weight is 156 g/mol. The number of hydrogen-bond donors (Lipinski definition) is 2. The molecule has 64 valence electrons. The van der Waals surface area contributed by atoms with Crippen molar-refractivity contribution in [3.63, 3.8) is 0 Å². The van der Waals surface area contributed by atoms with E-state index in [0.717, 1.165) is 19.5 Å². The minimum Gasteiger partial charge on any atom is -0.370 e. The van der Waals surface area contributed by atoms with Gasteiger partial charge in [0.1, 0.15) is 0 Å². The van der Waals surface area contributed by atoms with Crippen molar-refractivity contribution >= 4 is 5.91 Å². The van der Waals surface area contributed by atoms with Gasteiger partial charge in [0.15, 0.2) is 0 Å². The third kappa shape index (κ3) is 2.19. The first-order valence-electron chi connectivity index (χ1n) is 4.23. The van der Waals surface area contributed by atoms with Crippen LogP contribution in [0.5, 0.6) is 0 Å². The first-order chi connectivity index (χ1) is 5.24. The molecule has 3 nitrogen and oxygen atoms in total. The lowest BCUT2D eigenvalue weighted by Crippen LogP contribution is -2.46. The normalized spacial score (nSPS) is 20.8. The summed E-state index contributed by atoms with van der Waals surface area (Å²) in [5.41, 5.74) is 5.13. The Kier molecular flexibility index (Phi) is 2.88. The van der Waals surface area contributed by atoms with Crippen LogP contribution in [0.1, 0.15) is 19.8 Å². The van der Waals surface area contributed by atoms with Crippen LogP contribution in [0.25, 0.3) is 0 Å². The van der Waals surface area contributed by atoms with Crippen molar-refractivity contribution in [1.29, 1.82) is 0 Å². The summed E-state index contributed by atoms with van der Waals surface area (Å²) in [4.78, 5) is 10.6. The Hall–Kier alpha value is -0.570. The molecular formula is C8H16N2O. The Morgan fingerprint density at radius 3 is 2.64 bits per heavy atom. The van der Waals surface area contributed by atoms with Gasteiger partial charge in [0.2, 0.25) is 5.91 Å². The first-order valence-corrected chi connectivity index (χ1v) is 4.23. The van der Waals surface area contributed by atoms with E-state index >= 15 is 0 Å². The molecule has 0 aromatic rings. The van der Waals surface area contributed by atoms with Crippen molar-refractivity contribution < 1.29 is 4.79 Å². The highest BCUT2D eigenvalue weighted by Crippen LogP contribution is 2.22. The maximum atomic E-state index is 10.6. The maximum absolute atomic E-state index is 10.6. The van der Waals surface area contributed by atoms with Gasteiger partial charge in [-0.1, -0.05) is 13.3 Å². The predicted octanol–water partition coefficient (Wildman–Crippen LogP) is 0.107. The quantitative estimate of drug-likeness (QED) is 0.607. The van der Waals surface area contributed by atoms with Gasteiger partial charge in [0.05, 0.1) is 0 Å². The molecule has 0 aromatic carbocycles. The molecular weight excluding hydrogens is 140 g/mol. The number of primary amides is 1. The molecule has 0 aliphatic carbocycles. The Morgan fingerprint density at radius 2 is 2.36 bits per heavy atom. The third-order valence-electron chi connectivity index (χ3n) is 2.47. The molecule has 11 heavy (non-hydrogen) atoms. The summed E-state index contributed by atoms with van der Waals surface area (Å²) < 4.78 is 0. The minimum atomic E-state index is -0.163. The number of carbonyl (C=O) groups is 1. The summed E-state index contributed by atoms with van der Waals surface area (Å²) in [5, 5.41) is 3.20. The van der Waals surface area contributed by atoms with E-state index in [1.54, 1.807) is 0 Å². The van der Waals surface area contributed by atoms with Gasteiger partial charge >= 0.3 is 0 Å². The van der Waals surface area contributed by atoms with Gasteiger partial charge in [0, 0.05) is 6.42 Å². The second kappa shape index (κ2) is 3.72. The molecule has 1 saturated heterocycles. The van der Waals surface area contributed by atoms with Crippen molar-refractivity contribution in [1.82, 2.24) is 5.32 Å². The number of nitrogens with two attached hydrogens (primary N) is 1. The molecule has 0 aromatic heterocycles. The molecule has 1 aliphatic rings. The fourth-order valence-corrected chi connectivity index (χ4v) is 1.55. The summed E-state index contributed by atoms with van der Waals surface area (Å²) >= 11 is 0. The van der Waals surface area contributed by atoms with Crippen LogP contribution in [0, 0.1) is 11.8 Å².